The van der Waals surface area contributed by atoms with Crippen molar-refractivity contribution < 1.29 is 52.9 Å². The maximum absolute atomic E-state index is 12.3. The standard InChI is InChI=1S/C24H28N4O4.C19H25N3.C9H8N2O7/c1-16-12-19(21-13-17(2)25-18(3)14-21)4-5-20(16)15-26-8-10-27(11-9-26)24(31)32-28-22(29)6-7-23(28)30;1-14-10-17(19-11-15(2)21-16(3)12-19)4-5-18(14)13-22-8-6-20-7-9-22;12-5-1-2-6(13)10(5)17-9(16)18-11-7(14)3-4-8(11)15/h4-5,12-14H,6-11,15H2,1-3H3;4-5,10-12,20H,6-9,13H2,1-3H3;1-4H2. The smallest absolute Gasteiger partial charge is 0.314 e. The highest BCUT2D eigenvalue weighted by Gasteiger charge is 2.38. The number of imide groups is 3. The number of amides is 7. The van der Waals surface area contributed by atoms with Gasteiger partial charge in [-0.05, 0) is 110 Å². The van der Waals surface area contributed by atoms with Crippen LogP contribution in [-0.2, 0) is 56.4 Å². The van der Waals surface area contributed by atoms with Gasteiger partial charge in [-0.25, -0.2) is 4.79 Å². The van der Waals surface area contributed by atoms with Gasteiger partial charge in [-0.15, -0.1) is 5.06 Å². The Balaban J connectivity index is 0.000000166. The van der Waals surface area contributed by atoms with Crippen molar-refractivity contribution in [3.05, 3.63) is 106 Å². The first-order valence-corrected chi connectivity index (χ1v) is 24.1. The molecule has 5 fully saturated rings. The van der Waals surface area contributed by atoms with E-state index in [0.717, 1.165) is 62.0 Å². The van der Waals surface area contributed by atoms with Crippen molar-refractivity contribution in [1.82, 2.24) is 45.2 Å². The normalized spacial score (nSPS) is 17.5. The van der Waals surface area contributed by atoms with Gasteiger partial charge in [0.15, 0.2) is 0 Å². The fourth-order valence-corrected chi connectivity index (χ4v) is 8.82. The highest BCUT2D eigenvalue weighted by atomic mass is 16.9. The number of aromatic nitrogens is 2. The summed E-state index contributed by atoms with van der Waals surface area (Å²) in [5, 5.41) is 4.53. The monoisotopic (exact) mass is 987 g/mol. The van der Waals surface area contributed by atoms with E-state index in [2.05, 4.69) is 123 Å². The zero-order valence-corrected chi connectivity index (χ0v) is 41.7. The van der Waals surface area contributed by atoms with Crippen LogP contribution < -0.4 is 5.32 Å². The highest BCUT2D eigenvalue weighted by Crippen LogP contribution is 2.27. The molecule has 5 aliphatic heterocycles. The fraction of sp³-hybridized carbons (Fsp3) is 0.423. The highest BCUT2D eigenvalue weighted by molar-refractivity contribution is 6.03. The molecule has 380 valence electrons. The Labute approximate surface area is 418 Å². The fourth-order valence-electron chi connectivity index (χ4n) is 8.82. The summed E-state index contributed by atoms with van der Waals surface area (Å²) in [6.45, 7) is 21.2. The lowest BCUT2D eigenvalue weighted by Crippen LogP contribution is -2.50. The summed E-state index contributed by atoms with van der Waals surface area (Å²) in [5.41, 5.74) is 14.4. The molecule has 0 bridgehead atoms. The Kier molecular flexibility index (Phi) is 17.2. The lowest BCUT2D eigenvalue weighted by atomic mass is 9.99. The van der Waals surface area contributed by atoms with Gasteiger partial charge < -0.3 is 15.1 Å². The number of pyridine rings is 2. The number of piperazine rings is 2. The quantitative estimate of drug-likeness (QED) is 0.209. The maximum Gasteiger partial charge on any atom is 0.560 e. The molecule has 5 saturated heterocycles. The molecule has 20 heteroatoms. The summed E-state index contributed by atoms with van der Waals surface area (Å²) in [6, 6.07) is 21.9. The van der Waals surface area contributed by atoms with E-state index in [1.807, 2.05) is 13.8 Å². The van der Waals surface area contributed by atoms with Gasteiger partial charge in [-0.2, -0.15) is 4.79 Å². The van der Waals surface area contributed by atoms with Gasteiger partial charge in [0, 0.05) is 127 Å². The molecule has 2 aromatic carbocycles. The van der Waals surface area contributed by atoms with Crippen molar-refractivity contribution in [2.45, 2.75) is 93.2 Å². The number of hydrogen-bond donors (Lipinski definition) is 1. The summed E-state index contributed by atoms with van der Waals surface area (Å²) >= 11 is 0. The number of benzene rings is 2. The van der Waals surface area contributed by atoms with Crippen LogP contribution in [0.1, 0.15) is 83.6 Å². The van der Waals surface area contributed by atoms with Crippen LogP contribution in [-0.4, -0.2) is 140 Å². The predicted octanol–water partition coefficient (Wildman–Crippen LogP) is 5.34. The zero-order valence-electron chi connectivity index (χ0n) is 41.7. The Morgan fingerprint density at radius 1 is 0.458 bits per heavy atom. The molecule has 0 saturated carbocycles. The van der Waals surface area contributed by atoms with Gasteiger partial charge >= 0.3 is 12.2 Å². The van der Waals surface area contributed by atoms with E-state index in [4.69, 9.17) is 4.84 Å². The number of aryl methyl sites for hydroxylation is 6. The molecular weight excluding hydrogens is 927 g/mol. The van der Waals surface area contributed by atoms with Gasteiger partial charge in [0.1, 0.15) is 0 Å². The lowest BCUT2D eigenvalue weighted by molar-refractivity contribution is -0.198. The number of carbonyl (C=O) groups excluding carboxylic acids is 8. The lowest BCUT2D eigenvalue weighted by Gasteiger charge is -2.34. The van der Waals surface area contributed by atoms with Crippen LogP contribution in [0.3, 0.4) is 0 Å². The second-order valence-corrected chi connectivity index (χ2v) is 18.4. The molecule has 0 unspecified atom stereocenters. The van der Waals surface area contributed by atoms with Crippen molar-refractivity contribution in [3.63, 3.8) is 0 Å². The van der Waals surface area contributed by atoms with Gasteiger partial charge in [-0.1, -0.05) is 46.5 Å². The van der Waals surface area contributed by atoms with E-state index >= 15 is 0 Å². The molecule has 0 aliphatic carbocycles. The first-order chi connectivity index (χ1) is 34.4. The van der Waals surface area contributed by atoms with Crippen molar-refractivity contribution in [2.24, 2.45) is 0 Å². The molecule has 0 radical (unpaired) electrons. The summed E-state index contributed by atoms with van der Waals surface area (Å²) in [4.78, 5) is 120. The molecular formula is C52H61N9O11. The zero-order chi connectivity index (χ0) is 51.6. The SMILES string of the molecule is Cc1cc(-c2ccc(CN3CCN(C(=O)ON4C(=O)CCC4=O)CC3)c(C)c2)cc(C)n1.Cc1cc(-c2ccc(CN3CCNCC3)c(C)c2)cc(C)n1.O=C(ON1C(=O)CCC1=O)ON1C(=O)CCC1=O. The molecule has 4 aromatic rings. The first-order valence-electron chi connectivity index (χ1n) is 24.1. The van der Waals surface area contributed by atoms with Gasteiger partial charge in [0.25, 0.3) is 35.4 Å². The average molecular weight is 988 g/mol. The minimum absolute atomic E-state index is 0.0618. The van der Waals surface area contributed by atoms with Crippen LogP contribution in [0, 0.1) is 41.5 Å². The molecule has 0 atom stereocenters. The third kappa shape index (κ3) is 13.7. The molecule has 72 heavy (non-hydrogen) atoms. The molecule has 7 heterocycles. The number of hydrogen-bond acceptors (Lipinski definition) is 16. The third-order valence-electron chi connectivity index (χ3n) is 12.7. The second-order valence-electron chi connectivity index (χ2n) is 18.4. The first kappa shape index (κ1) is 52.4. The van der Waals surface area contributed by atoms with E-state index in [9.17, 15) is 38.4 Å². The number of rotatable bonds is 9. The summed E-state index contributed by atoms with van der Waals surface area (Å²) in [7, 11) is 0. The van der Waals surface area contributed by atoms with E-state index in [0.29, 0.717) is 31.2 Å². The summed E-state index contributed by atoms with van der Waals surface area (Å²) in [5.74, 6) is -3.66. The molecule has 1 N–H and O–H groups in total. The number of hydroxylamine groups is 6. The molecule has 7 amide bonds. The van der Waals surface area contributed by atoms with E-state index in [1.165, 1.54) is 44.5 Å². The largest absolute Gasteiger partial charge is 0.560 e. The van der Waals surface area contributed by atoms with Crippen molar-refractivity contribution in [2.75, 3.05) is 52.4 Å². The minimum atomic E-state index is -1.48. The summed E-state index contributed by atoms with van der Waals surface area (Å²) < 4.78 is 0. The molecule has 9 rings (SSSR count). The van der Waals surface area contributed by atoms with Crippen molar-refractivity contribution >= 4 is 47.7 Å². The van der Waals surface area contributed by atoms with Crippen molar-refractivity contribution in [1.29, 1.82) is 0 Å². The molecule has 0 spiro atoms. The van der Waals surface area contributed by atoms with E-state index in [1.54, 1.807) is 4.90 Å². The van der Waals surface area contributed by atoms with Crippen LogP contribution in [0.5, 0.6) is 0 Å². The summed E-state index contributed by atoms with van der Waals surface area (Å²) in [6.07, 6.45) is -2.18. The molecule has 5 aliphatic rings. The molecule has 20 nitrogen and oxygen atoms in total. The van der Waals surface area contributed by atoms with E-state index < -0.39 is 47.7 Å². The maximum atomic E-state index is 12.3. The number of nitrogens with one attached hydrogen (secondary N) is 1. The van der Waals surface area contributed by atoms with Crippen LogP contribution in [0.2, 0.25) is 0 Å². The average Bonchev–Trinajstić information content (AvgIpc) is 3.96. The Bertz CT molecular complexity index is 2620. The van der Waals surface area contributed by atoms with Gasteiger partial charge in [0.05, 0.1) is 0 Å². The topological polar surface area (TPSA) is 221 Å². The Morgan fingerprint density at radius 2 is 0.806 bits per heavy atom. The van der Waals surface area contributed by atoms with Crippen LogP contribution in [0.4, 0.5) is 9.59 Å². The Morgan fingerprint density at radius 3 is 1.17 bits per heavy atom. The minimum Gasteiger partial charge on any atom is -0.314 e. The van der Waals surface area contributed by atoms with Gasteiger partial charge in [-0.3, -0.25) is 58.2 Å². The van der Waals surface area contributed by atoms with Crippen LogP contribution in [0.15, 0.2) is 60.7 Å². The predicted molar refractivity (Wildman–Crippen MR) is 260 cm³/mol. The van der Waals surface area contributed by atoms with Crippen LogP contribution in [0.25, 0.3) is 22.3 Å². The molecule has 2 aromatic heterocycles. The number of nitrogens with zero attached hydrogens (tertiary/aromatic N) is 8. The van der Waals surface area contributed by atoms with Gasteiger partial charge in [0.2, 0.25) is 0 Å². The number of carbonyl (C=O) groups is 8. The van der Waals surface area contributed by atoms with Crippen molar-refractivity contribution in [3.8, 4) is 22.3 Å². The van der Waals surface area contributed by atoms with E-state index in [-0.39, 0.29) is 48.7 Å². The second kappa shape index (κ2) is 23.7. The Hall–Kier alpha value is -7.42. The third-order valence-corrected chi connectivity index (χ3v) is 12.7. The van der Waals surface area contributed by atoms with Crippen LogP contribution >= 0.6 is 0 Å².